The van der Waals surface area contributed by atoms with Gasteiger partial charge >= 0.3 is 0 Å². The van der Waals surface area contributed by atoms with E-state index in [0.29, 0.717) is 13.2 Å². The highest BCUT2D eigenvalue weighted by Gasteiger charge is 2.21. The van der Waals surface area contributed by atoms with Crippen LogP contribution in [0, 0.1) is 0 Å². The average molecular weight is 272 g/mol. The van der Waals surface area contributed by atoms with Crippen LogP contribution < -0.4 is 10.5 Å². The molecule has 1 aliphatic heterocycles. The Morgan fingerprint density at radius 2 is 2.27 bits per heavy atom. The van der Waals surface area contributed by atoms with Crippen molar-refractivity contribution in [2.45, 2.75) is 19.1 Å². The molecule has 0 saturated carbocycles. The smallest absolute Gasteiger partial charge is 0.145 e. The highest BCUT2D eigenvalue weighted by atomic mass is 79.9. The van der Waals surface area contributed by atoms with Gasteiger partial charge in [-0.3, -0.25) is 0 Å². The van der Waals surface area contributed by atoms with Crippen molar-refractivity contribution >= 4 is 15.9 Å². The zero-order valence-electron chi connectivity index (χ0n) is 8.57. The van der Waals surface area contributed by atoms with Gasteiger partial charge in [0.15, 0.2) is 0 Å². The number of rotatable bonds is 3. The third-order valence-corrected chi connectivity index (χ3v) is 3.00. The zero-order chi connectivity index (χ0) is 10.8. The van der Waals surface area contributed by atoms with Gasteiger partial charge in [0.05, 0.1) is 17.7 Å². The molecule has 1 aromatic rings. The molecule has 15 heavy (non-hydrogen) atoms. The van der Waals surface area contributed by atoms with Crippen molar-refractivity contribution in [3.05, 3.63) is 28.2 Å². The maximum atomic E-state index is 5.79. The van der Waals surface area contributed by atoms with Crippen LogP contribution in [0.2, 0.25) is 0 Å². The van der Waals surface area contributed by atoms with Crippen LogP contribution in [0.5, 0.6) is 5.75 Å². The summed E-state index contributed by atoms with van der Waals surface area (Å²) in [6.45, 7) is 3.32. The lowest BCUT2D eigenvalue weighted by Crippen LogP contribution is -2.38. The fourth-order valence-electron chi connectivity index (χ4n) is 1.36. The summed E-state index contributed by atoms with van der Waals surface area (Å²) in [5.74, 6) is 0.854. The third-order valence-electron chi connectivity index (χ3n) is 2.38. The van der Waals surface area contributed by atoms with Gasteiger partial charge in [0.1, 0.15) is 11.9 Å². The van der Waals surface area contributed by atoms with E-state index in [1.807, 2.05) is 25.1 Å². The Balaban J connectivity index is 2.11. The number of halogens is 1. The van der Waals surface area contributed by atoms with Gasteiger partial charge in [0.2, 0.25) is 0 Å². The summed E-state index contributed by atoms with van der Waals surface area (Å²) in [7, 11) is 0. The van der Waals surface area contributed by atoms with E-state index in [0.717, 1.165) is 15.8 Å². The Morgan fingerprint density at radius 1 is 1.53 bits per heavy atom. The quantitative estimate of drug-likeness (QED) is 0.917. The Hall–Kier alpha value is -0.580. The molecule has 1 fully saturated rings. The average Bonchev–Trinajstić information content (AvgIpc) is 2.12. The molecule has 1 atom stereocenters. The van der Waals surface area contributed by atoms with Crippen molar-refractivity contribution in [1.29, 1.82) is 0 Å². The molecule has 0 spiro atoms. The van der Waals surface area contributed by atoms with Gasteiger partial charge in [-0.2, -0.15) is 0 Å². The van der Waals surface area contributed by atoms with Gasteiger partial charge in [-0.15, -0.1) is 0 Å². The molecule has 1 saturated heterocycles. The Labute approximate surface area is 97.7 Å². The maximum absolute atomic E-state index is 5.79. The summed E-state index contributed by atoms with van der Waals surface area (Å²) in [4.78, 5) is 0. The Bertz CT molecular complexity index is 350. The van der Waals surface area contributed by atoms with E-state index >= 15 is 0 Å². The van der Waals surface area contributed by atoms with E-state index in [1.54, 1.807) is 0 Å². The van der Waals surface area contributed by atoms with Gasteiger partial charge < -0.3 is 15.2 Å². The highest BCUT2D eigenvalue weighted by molar-refractivity contribution is 9.10. The highest BCUT2D eigenvalue weighted by Crippen LogP contribution is 2.29. The van der Waals surface area contributed by atoms with Crippen molar-refractivity contribution in [1.82, 2.24) is 0 Å². The van der Waals surface area contributed by atoms with E-state index < -0.39 is 0 Å². The lowest BCUT2D eigenvalue weighted by Gasteiger charge is -2.27. The molecule has 1 aromatic carbocycles. The predicted molar refractivity (Wildman–Crippen MR) is 62.0 cm³/mol. The molecule has 0 amide bonds. The van der Waals surface area contributed by atoms with Crippen molar-refractivity contribution in [3.8, 4) is 5.75 Å². The van der Waals surface area contributed by atoms with Crippen LogP contribution in [0.3, 0.4) is 0 Å². The van der Waals surface area contributed by atoms with Crippen LogP contribution in [0.1, 0.15) is 18.5 Å². The minimum Gasteiger partial charge on any atom is -0.484 e. The van der Waals surface area contributed by atoms with E-state index in [1.165, 1.54) is 0 Å². The lowest BCUT2D eigenvalue weighted by molar-refractivity contribution is -0.0799. The van der Waals surface area contributed by atoms with Crippen LogP contribution in [-0.4, -0.2) is 19.3 Å². The van der Waals surface area contributed by atoms with E-state index in [4.69, 9.17) is 15.2 Å². The zero-order valence-corrected chi connectivity index (χ0v) is 10.2. The Morgan fingerprint density at radius 3 is 2.73 bits per heavy atom. The van der Waals surface area contributed by atoms with Gasteiger partial charge in [-0.25, -0.2) is 0 Å². The molecule has 0 bridgehead atoms. The fraction of sp³-hybridized carbons (Fsp3) is 0.455. The van der Waals surface area contributed by atoms with Gasteiger partial charge in [0, 0.05) is 6.04 Å². The molecular formula is C11H14BrNO2. The second-order valence-electron chi connectivity index (χ2n) is 3.76. The summed E-state index contributed by atoms with van der Waals surface area (Å²) >= 11 is 3.48. The molecule has 4 heteroatoms. The first-order chi connectivity index (χ1) is 7.16. The SMILES string of the molecule is C[C@H](N)c1ccc(OC2COC2)c(Br)c1. The number of hydrogen-bond donors (Lipinski definition) is 1. The van der Waals surface area contributed by atoms with E-state index in [2.05, 4.69) is 15.9 Å². The Kier molecular flexibility index (Phi) is 3.29. The molecular weight excluding hydrogens is 258 g/mol. The third kappa shape index (κ3) is 2.51. The monoisotopic (exact) mass is 271 g/mol. The number of benzene rings is 1. The second-order valence-corrected chi connectivity index (χ2v) is 4.61. The van der Waals surface area contributed by atoms with Crippen LogP contribution in [0.25, 0.3) is 0 Å². The molecule has 0 radical (unpaired) electrons. The van der Waals surface area contributed by atoms with Crippen molar-refractivity contribution in [2.24, 2.45) is 5.73 Å². The number of nitrogens with two attached hydrogens (primary N) is 1. The van der Waals surface area contributed by atoms with Crippen molar-refractivity contribution in [3.63, 3.8) is 0 Å². The summed E-state index contributed by atoms with van der Waals surface area (Å²) in [5.41, 5.74) is 6.89. The normalized spacial score (nSPS) is 18.3. The fourth-order valence-corrected chi connectivity index (χ4v) is 1.85. The minimum atomic E-state index is 0.0439. The topological polar surface area (TPSA) is 44.5 Å². The van der Waals surface area contributed by atoms with Gasteiger partial charge in [-0.05, 0) is 40.5 Å². The lowest BCUT2D eigenvalue weighted by atomic mass is 10.1. The van der Waals surface area contributed by atoms with E-state index in [9.17, 15) is 0 Å². The molecule has 0 aromatic heterocycles. The first kappa shape index (κ1) is 10.9. The summed E-state index contributed by atoms with van der Waals surface area (Å²) in [6, 6.07) is 5.98. The van der Waals surface area contributed by atoms with Crippen LogP contribution >= 0.6 is 15.9 Å². The van der Waals surface area contributed by atoms with Gasteiger partial charge in [-0.1, -0.05) is 6.07 Å². The largest absolute Gasteiger partial charge is 0.484 e. The summed E-state index contributed by atoms with van der Waals surface area (Å²) < 4.78 is 11.7. The van der Waals surface area contributed by atoms with Crippen LogP contribution in [0.4, 0.5) is 0 Å². The standard InChI is InChI=1S/C11H14BrNO2/c1-7(13)8-2-3-11(10(12)4-8)15-9-5-14-6-9/h2-4,7,9H,5-6,13H2,1H3/t7-/m0/s1. The second kappa shape index (κ2) is 4.51. The maximum Gasteiger partial charge on any atom is 0.145 e. The van der Waals surface area contributed by atoms with Crippen molar-refractivity contribution < 1.29 is 9.47 Å². The molecule has 0 unspecified atom stereocenters. The number of ether oxygens (including phenoxy) is 2. The first-order valence-corrected chi connectivity index (χ1v) is 5.75. The molecule has 82 valence electrons. The number of hydrogen-bond acceptors (Lipinski definition) is 3. The predicted octanol–water partition coefficient (Wildman–Crippen LogP) is 2.25. The van der Waals surface area contributed by atoms with Gasteiger partial charge in [0.25, 0.3) is 0 Å². The minimum absolute atomic E-state index is 0.0439. The first-order valence-electron chi connectivity index (χ1n) is 4.96. The molecule has 1 aliphatic rings. The molecule has 3 nitrogen and oxygen atoms in total. The molecule has 2 rings (SSSR count). The van der Waals surface area contributed by atoms with Crippen molar-refractivity contribution in [2.75, 3.05) is 13.2 Å². The van der Waals surface area contributed by atoms with E-state index in [-0.39, 0.29) is 12.1 Å². The van der Waals surface area contributed by atoms with Crippen LogP contribution in [0.15, 0.2) is 22.7 Å². The van der Waals surface area contributed by atoms with Crippen LogP contribution in [-0.2, 0) is 4.74 Å². The molecule has 2 N–H and O–H groups in total. The summed E-state index contributed by atoms with van der Waals surface area (Å²) in [5, 5.41) is 0. The summed E-state index contributed by atoms with van der Waals surface area (Å²) in [6.07, 6.45) is 0.197. The molecule has 1 heterocycles. The molecule has 0 aliphatic carbocycles.